The second kappa shape index (κ2) is 7.62. The van der Waals surface area contributed by atoms with Crippen molar-refractivity contribution >= 4 is 0 Å². The van der Waals surface area contributed by atoms with Crippen LogP contribution in [0.3, 0.4) is 0 Å². The first-order valence-corrected chi connectivity index (χ1v) is 2.45. The van der Waals surface area contributed by atoms with Crippen molar-refractivity contribution in [1.82, 2.24) is 0 Å². The van der Waals surface area contributed by atoms with Crippen molar-refractivity contribution < 1.29 is 21.7 Å². The van der Waals surface area contributed by atoms with E-state index in [9.17, 15) is 14.5 Å². The van der Waals surface area contributed by atoms with Crippen LogP contribution < -0.4 is 12.4 Å². The fourth-order valence-corrected chi connectivity index (χ4v) is 0.335. The van der Waals surface area contributed by atoms with Gasteiger partial charge >= 0.3 is 0 Å². The van der Waals surface area contributed by atoms with E-state index in [1.165, 1.54) is 0 Å². The van der Waals surface area contributed by atoms with Crippen LogP contribution in [-0.4, -0.2) is 18.1 Å². The smallest absolute Gasteiger partial charge is 0.204 e. The number of hydrogen-bond acceptors (Lipinski definition) is 2. The molecule has 3 nitrogen and oxygen atoms in total. The molecule has 0 N–H and O–H groups in total. The number of nitrogens with zero attached hydrogens (tertiary/aromatic N) is 1. The van der Waals surface area contributed by atoms with Crippen molar-refractivity contribution in [1.29, 1.82) is 0 Å². The summed E-state index contributed by atoms with van der Waals surface area (Å²) < 4.78 is 11.2. The van der Waals surface area contributed by atoms with Crippen LogP contribution >= 0.6 is 0 Å². The van der Waals surface area contributed by atoms with E-state index in [1.54, 1.807) is 0 Å². The summed E-state index contributed by atoms with van der Waals surface area (Å²) in [6.07, 6.45) is 0.657. The van der Waals surface area contributed by atoms with Crippen LogP contribution in [0.25, 0.3) is 0 Å². The van der Waals surface area contributed by atoms with Gasteiger partial charge in [0.1, 0.15) is 0 Å². The van der Waals surface area contributed by atoms with Crippen LogP contribution in [0.15, 0.2) is 0 Å². The van der Waals surface area contributed by atoms with Crippen LogP contribution in [0.5, 0.6) is 0 Å². The van der Waals surface area contributed by atoms with Gasteiger partial charge in [0.25, 0.3) is 0 Å². The number of unbranched alkanes of at least 4 members (excludes halogenated alkanes) is 1. The van der Waals surface area contributed by atoms with E-state index < -0.39 is 11.6 Å². The number of alkyl halides is 1. The molecule has 0 aromatic heterocycles. The monoisotopic (exact) mass is 156 g/mol. The Morgan fingerprint density at radius 2 is 2.00 bits per heavy atom. The lowest BCUT2D eigenvalue weighted by Gasteiger charge is -1.87. The first-order valence-electron chi connectivity index (χ1n) is 2.45. The van der Waals surface area contributed by atoms with Crippen molar-refractivity contribution in [3.63, 3.8) is 0 Å². The minimum atomic E-state index is -0.451. The zero-order chi connectivity index (χ0) is 6.41. The minimum absolute atomic E-state index is 0. The first kappa shape index (κ1) is 11.4. The third-order valence-electron chi connectivity index (χ3n) is 0.724. The summed E-state index contributed by atoms with van der Waals surface area (Å²) in [5, 5.41) is 9.56. The van der Waals surface area contributed by atoms with Gasteiger partial charge in [-0.3, -0.25) is 14.5 Å². The Morgan fingerprint density at radius 3 is 2.33 bits per heavy atom. The molecule has 0 aromatic carbocycles. The average molecular weight is 157 g/mol. The summed E-state index contributed by atoms with van der Waals surface area (Å²) in [6, 6.07) is 0. The number of hydrogen-bond donors (Lipinski definition) is 0. The van der Waals surface area contributed by atoms with Gasteiger partial charge in [-0.1, -0.05) is 0 Å². The van der Waals surface area contributed by atoms with Crippen LogP contribution in [0.2, 0.25) is 0 Å². The van der Waals surface area contributed by atoms with Crippen molar-refractivity contribution in [3.8, 4) is 0 Å². The van der Waals surface area contributed by atoms with Gasteiger partial charge in [-0.25, -0.2) is 0 Å². The van der Waals surface area contributed by atoms with Crippen molar-refractivity contribution in [2.45, 2.75) is 12.8 Å². The van der Waals surface area contributed by atoms with E-state index in [0.717, 1.165) is 0 Å². The number of nitro groups is 1. The normalized spacial score (nSPS) is 8.11. The van der Waals surface area contributed by atoms with Gasteiger partial charge in [-0.2, -0.15) is 0 Å². The maximum absolute atomic E-state index is 11.2. The first-order chi connectivity index (χ1) is 3.77. The molecule has 0 rings (SSSR count). The highest BCUT2D eigenvalue weighted by Crippen LogP contribution is 1.88. The van der Waals surface area contributed by atoms with Crippen LogP contribution in [0.4, 0.5) is 4.39 Å². The zero-order valence-electron chi connectivity index (χ0n) is 4.85. The summed E-state index contributed by atoms with van der Waals surface area (Å²) in [6.45, 7) is -0.558. The Balaban J connectivity index is 0. The molecule has 0 aromatic rings. The molecule has 5 heteroatoms. The van der Waals surface area contributed by atoms with Gasteiger partial charge in [0.2, 0.25) is 6.54 Å². The summed E-state index contributed by atoms with van der Waals surface area (Å²) in [5.74, 6) is 0. The van der Waals surface area contributed by atoms with Gasteiger partial charge in [0, 0.05) is 11.3 Å². The van der Waals surface area contributed by atoms with E-state index >= 15 is 0 Å². The lowest BCUT2D eigenvalue weighted by atomic mass is 10.3. The fraction of sp³-hybridized carbons (Fsp3) is 1.00. The molecule has 0 saturated heterocycles. The lowest BCUT2D eigenvalue weighted by Crippen LogP contribution is -3.00. The molecule has 56 valence electrons. The van der Waals surface area contributed by atoms with E-state index in [0.29, 0.717) is 12.8 Å². The van der Waals surface area contributed by atoms with Gasteiger partial charge in [0.05, 0.1) is 6.67 Å². The predicted molar refractivity (Wildman–Crippen MR) is 27.1 cm³/mol. The Labute approximate surface area is 58.8 Å². The molecule has 0 aliphatic rings. The average Bonchev–Trinajstić information content (AvgIpc) is 1.66. The molecule has 0 radical (unpaired) electrons. The van der Waals surface area contributed by atoms with Gasteiger partial charge in [-0.05, 0) is 6.42 Å². The summed E-state index contributed by atoms with van der Waals surface area (Å²) in [7, 11) is 0. The van der Waals surface area contributed by atoms with Crippen LogP contribution in [-0.2, 0) is 0 Å². The summed E-state index contributed by atoms with van der Waals surface area (Å²) in [4.78, 5) is 9.12. The topological polar surface area (TPSA) is 43.1 Å². The van der Waals surface area contributed by atoms with E-state index in [4.69, 9.17) is 0 Å². The molecule has 0 bridgehead atoms. The van der Waals surface area contributed by atoms with Gasteiger partial charge in [0.15, 0.2) is 0 Å². The predicted octanol–water partition coefficient (Wildman–Crippen LogP) is -1.98. The van der Waals surface area contributed by atoms with E-state index in [2.05, 4.69) is 0 Å². The Kier molecular flexibility index (Phi) is 9.67. The number of halogens is 2. The minimum Gasteiger partial charge on any atom is -1.00 e. The van der Waals surface area contributed by atoms with Crippen molar-refractivity contribution in [3.05, 3.63) is 10.1 Å². The molecular formula is C4H8ClFNO2-. The Bertz CT molecular complexity index is 81.0. The highest BCUT2D eigenvalue weighted by molar-refractivity contribution is 4.33. The highest BCUT2D eigenvalue weighted by atomic mass is 35.5. The lowest BCUT2D eigenvalue weighted by molar-refractivity contribution is -0.480. The molecule has 0 amide bonds. The summed E-state index contributed by atoms with van der Waals surface area (Å²) >= 11 is 0. The van der Waals surface area contributed by atoms with Crippen LogP contribution in [0.1, 0.15) is 12.8 Å². The number of rotatable bonds is 4. The molecule has 0 spiro atoms. The van der Waals surface area contributed by atoms with Gasteiger partial charge in [-0.15, -0.1) is 0 Å². The standard InChI is InChI=1S/C4H8FNO2.ClH/c5-3-1-2-4-6(7)8;/h1-4H2;1H/p-1. The second-order valence-electron chi connectivity index (χ2n) is 1.45. The summed E-state index contributed by atoms with van der Waals surface area (Å²) in [5.41, 5.74) is 0. The molecular weight excluding hydrogens is 148 g/mol. The van der Waals surface area contributed by atoms with E-state index in [1.807, 2.05) is 0 Å². The molecule has 0 heterocycles. The van der Waals surface area contributed by atoms with Crippen molar-refractivity contribution in [2.75, 3.05) is 13.2 Å². The van der Waals surface area contributed by atoms with Gasteiger partial charge < -0.3 is 12.4 Å². The molecule has 0 saturated carbocycles. The Morgan fingerprint density at radius 1 is 1.44 bits per heavy atom. The third kappa shape index (κ3) is 11.3. The Hall–Kier alpha value is -0.380. The van der Waals surface area contributed by atoms with Crippen molar-refractivity contribution in [2.24, 2.45) is 0 Å². The second-order valence-corrected chi connectivity index (χ2v) is 1.45. The largest absolute Gasteiger partial charge is 1.00 e. The maximum Gasteiger partial charge on any atom is 0.204 e. The zero-order valence-corrected chi connectivity index (χ0v) is 5.60. The quantitative estimate of drug-likeness (QED) is 0.269. The maximum atomic E-state index is 11.2. The fourth-order valence-electron chi connectivity index (χ4n) is 0.335. The van der Waals surface area contributed by atoms with E-state index in [-0.39, 0.29) is 19.0 Å². The molecule has 0 aliphatic heterocycles. The highest BCUT2D eigenvalue weighted by Gasteiger charge is 1.93. The molecule has 0 unspecified atom stereocenters. The molecule has 0 fully saturated rings. The van der Waals surface area contributed by atoms with Crippen LogP contribution in [0, 0.1) is 10.1 Å². The molecule has 0 atom stereocenters. The molecule has 0 aliphatic carbocycles. The molecule has 9 heavy (non-hydrogen) atoms. The third-order valence-corrected chi connectivity index (χ3v) is 0.724. The SMILES string of the molecule is O=[N+]([O-])CCCCF.[Cl-].